The van der Waals surface area contributed by atoms with E-state index < -0.39 is 24.3 Å². The van der Waals surface area contributed by atoms with Gasteiger partial charge >= 0.3 is 12.4 Å². The van der Waals surface area contributed by atoms with E-state index in [2.05, 4.69) is 22.7 Å². The highest BCUT2D eigenvalue weighted by atomic mass is 35.5. The van der Waals surface area contributed by atoms with Crippen LogP contribution in [0.3, 0.4) is 0 Å². The zero-order valence-electron chi connectivity index (χ0n) is 23.8. The summed E-state index contributed by atoms with van der Waals surface area (Å²) in [4.78, 5) is 47.6. The van der Waals surface area contributed by atoms with E-state index in [0.29, 0.717) is 11.4 Å². The molecule has 1 aromatic carbocycles. The summed E-state index contributed by atoms with van der Waals surface area (Å²) in [6.45, 7) is 3.57. The number of halogens is 7. The molecule has 3 atom stereocenters. The van der Waals surface area contributed by atoms with Gasteiger partial charge in [0.25, 0.3) is 0 Å². The number of hydrogen-bond donors (Lipinski definition) is 3. The molecule has 1 saturated heterocycles. The van der Waals surface area contributed by atoms with Crippen LogP contribution in [0.25, 0.3) is 5.70 Å². The number of amidine groups is 1. The van der Waals surface area contributed by atoms with E-state index in [4.69, 9.17) is 31.4 Å². The van der Waals surface area contributed by atoms with Crippen molar-refractivity contribution < 1.29 is 66.0 Å². The zero-order chi connectivity index (χ0) is 33.7. The molecule has 1 amide bonds. The van der Waals surface area contributed by atoms with Crippen molar-refractivity contribution in [1.82, 2.24) is 5.32 Å². The minimum Gasteiger partial charge on any atom is -0.542 e. The Labute approximate surface area is 254 Å². The number of Topliss-reactive ketones (excluding diaryl/α,β-unsaturated/α-hetero) is 1. The first-order valence-electron chi connectivity index (χ1n) is 13.4. The van der Waals surface area contributed by atoms with Crippen molar-refractivity contribution in [2.45, 2.75) is 63.8 Å². The van der Waals surface area contributed by atoms with Crippen molar-refractivity contribution >= 4 is 46.8 Å². The van der Waals surface area contributed by atoms with Crippen LogP contribution in [0, 0.1) is 5.92 Å². The standard InChI is InChI=1S/C23H31ClN4O2.2C2HF3O2/c1-16(29)7-4-3-5-10-20(27-23(30)18-11-12-28(2)15-18)22-25-14-21(26-22)17-8-6-9-19(24)13-17;2*3-2(4,5)1(6)7/h6,8-9,13-14,18,20H,3-5,7,10-12,15H2,1-2H3,(H,25,26)(H,27,30);2*(H,6,7)/t18-,20-;;/m0../s1. The molecule has 2 aliphatic rings. The first kappa shape index (κ1) is 38.5. The highest BCUT2D eigenvalue weighted by molar-refractivity contribution is 6.30. The monoisotopic (exact) mass is 658 g/mol. The molecular formula is C27H33ClF6N4O6. The molecule has 1 unspecified atom stereocenters. The minimum atomic E-state index is -5.19. The number of carbonyl (C=O) groups is 4. The molecule has 0 bridgehead atoms. The summed E-state index contributed by atoms with van der Waals surface area (Å²) in [5.41, 5.74) is 2.03. The van der Waals surface area contributed by atoms with Gasteiger partial charge in [0.1, 0.15) is 23.8 Å². The summed E-state index contributed by atoms with van der Waals surface area (Å²) in [6, 6.07) is 7.61. The predicted octanol–water partition coefficient (Wildman–Crippen LogP) is -0.230. The number of alkyl halides is 6. The van der Waals surface area contributed by atoms with Gasteiger partial charge in [0, 0.05) is 23.4 Å². The van der Waals surface area contributed by atoms with Crippen LogP contribution in [0.1, 0.15) is 51.0 Å². The third-order valence-electron chi connectivity index (χ3n) is 6.36. The van der Waals surface area contributed by atoms with E-state index in [9.17, 15) is 35.9 Å². The number of amides is 1. The number of unbranched alkanes of at least 4 members (excludes halogenated alkanes) is 2. The van der Waals surface area contributed by atoms with Crippen molar-refractivity contribution in [1.29, 1.82) is 0 Å². The lowest BCUT2D eigenvalue weighted by molar-refractivity contribution is -0.867. The number of hydrogen-bond acceptors (Lipinski definition) is 7. The Bertz CT molecular complexity index is 1200. The maximum absolute atomic E-state index is 12.9. The summed E-state index contributed by atoms with van der Waals surface area (Å²) in [5, 5.41) is 23.6. The molecule has 3 rings (SSSR count). The molecule has 17 heteroatoms. The van der Waals surface area contributed by atoms with Gasteiger partial charge in [0.05, 0.1) is 32.3 Å². The van der Waals surface area contributed by atoms with Gasteiger partial charge in [-0.15, -0.1) is 0 Å². The van der Waals surface area contributed by atoms with E-state index in [0.717, 1.165) is 62.3 Å². The molecule has 1 aromatic rings. The quantitative estimate of drug-likeness (QED) is 0.233. The Morgan fingerprint density at radius 1 is 1.07 bits per heavy atom. The molecule has 246 valence electrons. The number of aliphatic imine (C=N–C) groups is 1. The number of ketones is 1. The number of nitrogens with two attached hydrogens (primary N) is 1. The lowest BCUT2D eigenvalue weighted by atomic mass is 10.0. The molecular weight excluding hydrogens is 626 g/mol. The largest absolute Gasteiger partial charge is 0.542 e. The molecule has 0 spiro atoms. The van der Waals surface area contributed by atoms with Gasteiger partial charge in [0.2, 0.25) is 11.7 Å². The van der Waals surface area contributed by atoms with Crippen molar-refractivity contribution in [2.24, 2.45) is 10.9 Å². The fourth-order valence-corrected chi connectivity index (χ4v) is 4.34. The summed E-state index contributed by atoms with van der Waals surface area (Å²) in [7, 11) is 2.13. The smallest absolute Gasteiger partial charge is 0.430 e. The zero-order valence-corrected chi connectivity index (χ0v) is 24.6. The SMILES string of the molecule is CC(=O)CCCCC[C@H](NC(=O)[C@H]1CC[NH+](C)C1)C1=NC=C(c2cccc(Cl)c2)[NH2+]1.O=C([O-])C(F)(F)F.O=C([O-])C(F)(F)F. The lowest BCUT2D eigenvalue weighted by Gasteiger charge is -2.19. The first-order valence-corrected chi connectivity index (χ1v) is 13.7. The van der Waals surface area contributed by atoms with Crippen LogP contribution < -0.4 is 25.7 Å². The number of benzene rings is 1. The molecule has 0 radical (unpaired) electrons. The molecule has 10 nitrogen and oxygen atoms in total. The Morgan fingerprint density at radius 2 is 1.66 bits per heavy atom. The number of likely N-dealkylation sites (tertiary alicyclic amines) is 1. The topological polar surface area (TPSA) is 160 Å². The molecule has 0 aliphatic carbocycles. The Balaban J connectivity index is 0.000000574. The summed E-state index contributed by atoms with van der Waals surface area (Å²) in [6.07, 6.45) is -3.33. The third kappa shape index (κ3) is 14.8. The van der Waals surface area contributed by atoms with E-state index in [1.54, 1.807) is 6.92 Å². The number of carbonyl (C=O) groups excluding carboxylic acids is 4. The first-order chi connectivity index (χ1) is 20.3. The van der Waals surface area contributed by atoms with Gasteiger partial charge in [-0.25, -0.2) is 4.99 Å². The van der Waals surface area contributed by atoms with E-state index in [-0.39, 0.29) is 23.7 Å². The van der Waals surface area contributed by atoms with Crippen LogP contribution in [0.4, 0.5) is 26.3 Å². The number of rotatable bonds is 10. The normalized spacial score (nSPS) is 18.5. The number of nitrogens with zero attached hydrogens (tertiary/aromatic N) is 1. The van der Waals surface area contributed by atoms with Crippen LogP contribution >= 0.6 is 11.6 Å². The molecule has 1 fully saturated rings. The highest BCUT2D eigenvalue weighted by Crippen LogP contribution is 2.17. The van der Waals surface area contributed by atoms with Crippen molar-refractivity contribution in [2.75, 3.05) is 20.1 Å². The van der Waals surface area contributed by atoms with Crippen LogP contribution in [-0.2, 0) is 19.2 Å². The fourth-order valence-electron chi connectivity index (χ4n) is 4.15. The molecule has 2 heterocycles. The van der Waals surface area contributed by atoms with Gasteiger partial charge in [-0.2, -0.15) is 26.3 Å². The Hall–Kier alpha value is -3.50. The van der Waals surface area contributed by atoms with Gasteiger partial charge in [-0.1, -0.05) is 30.5 Å². The van der Waals surface area contributed by atoms with E-state index in [1.165, 1.54) is 4.90 Å². The van der Waals surface area contributed by atoms with Gasteiger partial charge in [-0.05, 0) is 38.0 Å². The second kappa shape index (κ2) is 17.7. The maximum atomic E-state index is 12.9. The van der Waals surface area contributed by atoms with Crippen molar-refractivity contribution in [3.63, 3.8) is 0 Å². The second-order valence-corrected chi connectivity index (χ2v) is 10.6. The van der Waals surface area contributed by atoms with Crippen molar-refractivity contribution in [3.05, 3.63) is 41.1 Å². The van der Waals surface area contributed by atoms with Crippen LogP contribution in [-0.4, -0.2) is 68.0 Å². The van der Waals surface area contributed by atoms with E-state index in [1.807, 2.05) is 30.5 Å². The minimum absolute atomic E-state index is 0.0765. The average molecular weight is 659 g/mol. The Kier molecular flexibility index (Phi) is 15.5. The lowest BCUT2D eigenvalue weighted by Crippen LogP contribution is -3.07. The van der Waals surface area contributed by atoms with Crippen molar-refractivity contribution in [3.8, 4) is 0 Å². The second-order valence-electron chi connectivity index (χ2n) is 10.1. The summed E-state index contributed by atoms with van der Waals surface area (Å²) < 4.78 is 63.1. The fraction of sp³-hybridized carbons (Fsp3) is 0.519. The van der Waals surface area contributed by atoms with Gasteiger partial charge in [-0.3, -0.25) is 10.1 Å². The Morgan fingerprint density at radius 3 is 2.14 bits per heavy atom. The highest BCUT2D eigenvalue weighted by Gasteiger charge is 2.34. The van der Waals surface area contributed by atoms with Gasteiger partial charge in [0.15, 0.2) is 5.70 Å². The molecule has 4 N–H and O–H groups in total. The number of nitrogens with one attached hydrogen (secondary N) is 2. The summed E-state index contributed by atoms with van der Waals surface area (Å²) in [5.74, 6) is -4.68. The number of carboxylic acids is 2. The molecule has 0 saturated carbocycles. The number of quaternary nitrogens is 2. The maximum Gasteiger partial charge on any atom is 0.430 e. The molecule has 0 aromatic heterocycles. The van der Waals surface area contributed by atoms with Crippen LogP contribution in [0.5, 0.6) is 0 Å². The van der Waals surface area contributed by atoms with Gasteiger partial charge < -0.3 is 34.8 Å². The van der Waals surface area contributed by atoms with Crippen LogP contribution in [0.15, 0.2) is 35.5 Å². The summed E-state index contributed by atoms with van der Waals surface area (Å²) >= 11 is 6.13. The average Bonchev–Trinajstić information content (AvgIpc) is 3.57. The predicted molar refractivity (Wildman–Crippen MR) is 141 cm³/mol. The number of aliphatic carboxylic acids is 2. The molecule has 2 aliphatic heterocycles. The third-order valence-corrected chi connectivity index (χ3v) is 6.59. The number of carboxylic acid groups (broad SMARTS) is 2. The van der Waals surface area contributed by atoms with E-state index >= 15 is 0 Å². The van der Waals surface area contributed by atoms with Crippen LogP contribution in [0.2, 0.25) is 5.02 Å². The molecule has 44 heavy (non-hydrogen) atoms.